The zero-order chi connectivity index (χ0) is 17.6. The predicted molar refractivity (Wildman–Crippen MR) is 98.2 cm³/mol. The Balaban J connectivity index is 1.61. The number of nitrogen functional groups attached to an aromatic ring is 1. The molecule has 3 N–H and O–H groups in total. The Labute approximate surface area is 148 Å². The van der Waals surface area contributed by atoms with Crippen LogP contribution in [0.1, 0.15) is 11.1 Å². The van der Waals surface area contributed by atoms with E-state index in [2.05, 4.69) is 27.1 Å². The summed E-state index contributed by atoms with van der Waals surface area (Å²) in [5, 5.41) is 3.27. The van der Waals surface area contributed by atoms with E-state index in [-0.39, 0.29) is 0 Å². The number of benzene rings is 1. The zero-order valence-corrected chi connectivity index (χ0v) is 14.8. The number of nitrogens with zero attached hydrogens (tertiary/aromatic N) is 3. The molecule has 0 saturated carbocycles. The fraction of sp³-hybridized carbons (Fsp3) is 0.444. The summed E-state index contributed by atoms with van der Waals surface area (Å²) in [5.41, 5.74) is 8.97. The van der Waals surface area contributed by atoms with Crippen LogP contribution in [0, 0.1) is 13.8 Å². The average molecular weight is 343 g/mol. The molecule has 1 saturated heterocycles. The number of ether oxygens (including phenoxy) is 2. The highest BCUT2D eigenvalue weighted by Crippen LogP contribution is 2.29. The third-order valence-corrected chi connectivity index (χ3v) is 4.36. The van der Waals surface area contributed by atoms with Gasteiger partial charge in [-0.1, -0.05) is 6.07 Å². The molecule has 25 heavy (non-hydrogen) atoms. The Bertz CT molecular complexity index is 717. The zero-order valence-electron chi connectivity index (χ0n) is 14.8. The summed E-state index contributed by atoms with van der Waals surface area (Å²) in [6.45, 7) is 9.29. The molecule has 0 aliphatic carbocycles. The van der Waals surface area contributed by atoms with Crippen LogP contribution in [0.2, 0.25) is 0 Å². The van der Waals surface area contributed by atoms with Crippen molar-refractivity contribution in [3.63, 3.8) is 0 Å². The number of aromatic nitrogens is 2. The molecule has 0 unspecified atom stereocenters. The first-order valence-electron chi connectivity index (χ1n) is 8.53. The van der Waals surface area contributed by atoms with Gasteiger partial charge in [-0.25, -0.2) is 4.98 Å². The van der Waals surface area contributed by atoms with Crippen molar-refractivity contribution in [2.45, 2.75) is 13.8 Å². The molecule has 134 valence electrons. The fourth-order valence-electron chi connectivity index (χ4n) is 2.65. The van der Waals surface area contributed by atoms with E-state index in [1.165, 1.54) is 11.9 Å². The first-order valence-corrected chi connectivity index (χ1v) is 8.53. The van der Waals surface area contributed by atoms with Crippen molar-refractivity contribution in [2.24, 2.45) is 0 Å². The summed E-state index contributed by atoms with van der Waals surface area (Å²) in [5.74, 6) is 1.68. The number of morpholine rings is 1. The van der Waals surface area contributed by atoms with Crippen molar-refractivity contribution in [3.05, 3.63) is 35.7 Å². The Morgan fingerprint density at radius 3 is 2.76 bits per heavy atom. The van der Waals surface area contributed by atoms with Crippen molar-refractivity contribution in [2.75, 3.05) is 50.4 Å². The Hall–Kier alpha value is -2.38. The molecule has 0 bridgehead atoms. The summed E-state index contributed by atoms with van der Waals surface area (Å²) >= 11 is 0. The van der Waals surface area contributed by atoms with Crippen LogP contribution in [0.3, 0.4) is 0 Å². The molecule has 1 aliphatic heterocycles. The highest BCUT2D eigenvalue weighted by molar-refractivity contribution is 5.67. The maximum Gasteiger partial charge on any atom is 0.248 e. The summed E-state index contributed by atoms with van der Waals surface area (Å²) in [6.07, 6.45) is 1.46. The monoisotopic (exact) mass is 343 g/mol. The van der Waals surface area contributed by atoms with Crippen molar-refractivity contribution in [3.8, 4) is 11.6 Å². The summed E-state index contributed by atoms with van der Waals surface area (Å²) < 4.78 is 11.2. The van der Waals surface area contributed by atoms with Crippen LogP contribution >= 0.6 is 0 Å². The molecule has 1 fully saturated rings. The van der Waals surface area contributed by atoms with E-state index in [0.29, 0.717) is 23.1 Å². The molecule has 7 heteroatoms. The van der Waals surface area contributed by atoms with Gasteiger partial charge in [0.25, 0.3) is 0 Å². The number of hydrogen-bond acceptors (Lipinski definition) is 7. The van der Waals surface area contributed by atoms with Crippen LogP contribution in [-0.2, 0) is 4.74 Å². The van der Waals surface area contributed by atoms with Gasteiger partial charge in [0, 0.05) is 26.2 Å². The van der Waals surface area contributed by atoms with E-state index >= 15 is 0 Å². The minimum atomic E-state index is 0.368. The predicted octanol–water partition coefficient (Wildman–Crippen LogP) is 2.21. The molecule has 2 aromatic rings. The molecule has 2 heterocycles. The molecular formula is C18H25N5O2. The Morgan fingerprint density at radius 1 is 1.20 bits per heavy atom. The summed E-state index contributed by atoms with van der Waals surface area (Å²) in [4.78, 5) is 10.7. The molecule has 1 aromatic carbocycles. The van der Waals surface area contributed by atoms with Crippen LogP contribution in [0.25, 0.3) is 0 Å². The maximum atomic E-state index is 6.17. The Kier molecular flexibility index (Phi) is 5.67. The van der Waals surface area contributed by atoms with Crippen molar-refractivity contribution >= 4 is 11.5 Å². The minimum absolute atomic E-state index is 0.368. The van der Waals surface area contributed by atoms with Gasteiger partial charge in [-0.05, 0) is 37.1 Å². The molecular weight excluding hydrogens is 318 g/mol. The van der Waals surface area contributed by atoms with Crippen molar-refractivity contribution in [1.29, 1.82) is 0 Å². The Morgan fingerprint density at radius 2 is 2.00 bits per heavy atom. The van der Waals surface area contributed by atoms with E-state index in [4.69, 9.17) is 15.2 Å². The topological polar surface area (TPSA) is 85.5 Å². The van der Waals surface area contributed by atoms with E-state index in [9.17, 15) is 0 Å². The van der Waals surface area contributed by atoms with Gasteiger partial charge in [0.2, 0.25) is 5.88 Å². The van der Waals surface area contributed by atoms with E-state index in [0.717, 1.165) is 45.0 Å². The quantitative estimate of drug-likeness (QED) is 0.831. The lowest BCUT2D eigenvalue weighted by Gasteiger charge is -2.26. The number of anilines is 2. The summed E-state index contributed by atoms with van der Waals surface area (Å²) in [6, 6.07) is 5.90. The van der Waals surface area contributed by atoms with Gasteiger partial charge < -0.3 is 20.5 Å². The lowest BCUT2D eigenvalue weighted by Crippen LogP contribution is -2.39. The first-order chi connectivity index (χ1) is 12.1. The van der Waals surface area contributed by atoms with Crippen LogP contribution in [0.4, 0.5) is 11.5 Å². The van der Waals surface area contributed by atoms with Crippen LogP contribution < -0.4 is 15.8 Å². The van der Waals surface area contributed by atoms with Gasteiger partial charge >= 0.3 is 0 Å². The van der Waals surface area contributed by atoms with Gasteiger partial charge in [-0.2, -0.15) is 4.98 Å². The third kappa shape index (κ3) is 4.58. The largest absolute Gasteiger partial charge is 0.437 e. The van der Waals surface area contributed by atoms with Gasteiger partial charge in [0.1, 0.15) is 17.8 Å². The SMILES string of the molecule is Cc1ccc(Oc2ncnc(NCCN3CCOCC3)c2N)cc1C. The van der Waals surface area contributed by atoms with Gasteiger partial charge in [-0.3, -0.25) is 4.90 Å². The van der Waals surface area contributed by atoms with Gasteiger partial charge in [0.15, 0.2) is 5.82 Å². The molecule has 0 amide bonds. The lowest BCUT2D eigenvalue weighted by atomic mass is 10.1. The number of nitrogens with one attached hydrogen (secondary N) is 1. The van der Waals surface area contributed by atoms with Crippen LogP contribution in [-0.4, -0.2) is 54.3 Å². The van der Waals surface area contributed by atoms with E-state index < -0.39 is 0 Å². The second kappa shape index (κ2) is 8.13. The molecule has 1 aromatic heterocycles. The number of rotatable bonds is 6. The van der Waals surface area contributed by atoms with E-state index in [1.807, 2.05) is 25.1 Å². The minimum Gasteiger partial charge on any atom is -0.437 e. The number of hydrogen-bond donors (Lipinski definition) is 2. The van der Waals surface area contributed by atoms with E-state index in [1.54, 1.807) is 0 Å². The molecule has 0 radical (unpaired) electrons. The smallest absolute Gasteiger partial charge is 0.248 e. The number of aryl methyl sites for hydroxylation is 2. The molecule has 0 atom stereocenters. The second-order valence-electron chi connectivity index (χ2n) is 6.17. The second-order valence-corrected chi connectivity index (χ2v) is 6.17. The van der Waals surface area contributed by atoms with Crippen molar-refractivity contribution < 1.29 is 9.47 Å². The highest BCUT2D eigenvalue weighted by atomic mass is 16.5. The summed E-state index contributed by atoms with van der Waals surface area (Å²) in [7, 11) is 0. The molecule has 7 nitrogen and oxygen atoms in total. The average Bonchev–Trinajstić information content (AvgIpc) is 2.62. The molecule has 0 spiro atoms. The molecule has 3 rings (SSSR count). The standard InChI is InChI=1S/C18H25N5O2/c1-13-3-4-15(11-14(13)2)25-18-16(19)17(21-12-22-18)20-5-6-23-7-9-24-10-8-23/h3-4,11-12H,5-10,19H2,1-2H3,(H,20,21,22). The maximum absolute atomic E-state index is 6.17. The van der Waals surface area contributed by atoms with Crippen molar-refractivity contribution in [1.82, 2.24) is 14.9 Å². The van der Waals surface area contributed by atoms with Gasteiger partial charge in [-0.15, -0.1) is 0 Å². The fourth-order valence-corrected chi connectivity index (χ4v) is 2.65. The normalized spacial score (nSPS) is 15.1. The number of nitrogens with two attached hydrogens (primary N) is 1. The van der Waals surface area contributed by atoms with Gasteiger partial charge in [0.05, 0.1) is 13.2 Å². The van der Waals surface area contributed by atoms with Crippen LogP contribution in [0.15, 0.2) is 24.5 Å². The highest BCUT2D eigenvalue weighted by Gasteiger charge is 2.12. The first kappa shape index (κ1) is 17.4. The van der Waals surface area contributed by atoms with Crippen LogP contribution in [0.5, 0.6) is 11.6 Å². The lowest BCUT2D eigenvalue weighted by molar-refractivity contribution is 0.0398. The molecule has 1 aliphatic rings. The third-order valence-electron chi connectivity index (χ3n) is 4.36.